The van der Waals surface area contributed by atoms with Crippen LogP contribution in [0.5, 0.6) is 0 Å². The Morgan fingerprint density at radius 2 is 1.76 bits per heavy atom. The molecule has 0 spiro atoms. The molecule has 0 bridgehead atoms. The minimum atomic E-state index is 0.0289. The van der Waals surface area contributed by atoms with E-state index in [-0.39, 0.29) is 17.3 Å². The SMILES string of the molecule is CCC(=O)[C@@H]1[C@@H](c2cc(Cl)cc(Cl)c2)C1(C)C. The third-order valence-corrected chi connectivity index (χ3v) is 4.20. The number of benzene rings is 1. The van der Waals surface area contributed by atoms with Crippen molar-refractivity contribution in [1.82, 2.24) is 0 Å². The lowest BCUT2D eigenvalue weighted by Gasteiger charge is -2.04. The zero-order valence-corrected chi connectivity index (χ0v) is 11.8. The van der Waals surface area contributed by atoms with Crippen molar-refractivity contribution in [2.75, 3.05) is 0 Å². The van der Waals surface area contributed by atoms with Crippen LogP contribution in [0.15, 0.2) is 18.2 Å². The molecular formula is C14H16Cl2O. The number of carbonyl (C=O) groups excluding carboxylic acids is 1. The predicted octanol–water partition coefficient (Wildman–Crippen LogP) is 4.71. The molecule has 0 saturated heterocycles. The average molecular weight is 271 g/mol. The first-order valence-corrected chi connectivity index (χ1v) is 6.62. The molecule has 0 amide bonds. The Kier molecular flexibility index (Phi) is 3.26. The Morgan fingerprint density at radius 3 is 2.24 bits per heavy atom. The second-order valence-electron chi connectivity index (χ2n) is 5.30. The lowest BCUT2D eigenvalue weighted by atomic mass is 10.0. The van der Waals surface area contributed by atoms with Crippen LogP contribution in [0, 0.1) is 11.3 Å². The highest BCUT2D eigenvalue weighted by atomic mass is 35.5. The molecule has 1 aromatic carbocycles. The zero-order chi connectivity index (χ0) is 12.8. The Morgan fingerprint density at radius 1 is 1.24 bits per heavy atom. The van der Waals surface area contributed by atoms with Crippen molar-refractivity contribution in [3.8, 4) is 0 Å². The third kappa shape index (κ3) is 2.23. The molecule has 0 radical (unpaired) electrons. The fourth-order valence-corrected chi connectivity index (χ4v) is 3.38. The van der Waals surface area contributed by atoms with Gasteiger partial charge in [-0.15, -0.1) is 0 Å². The number of hydrogen-bond acceptors (Lipinski definition) is 1. The van der Waals surface area contributed by atoms with E-state index in [4.69, 9.17) is 23.2 Å². The molecule has 1 aliphatic carbocycles. The van der Waals surface area contributed by atoms with Crippen molar-refractivity contribution < 1.29 is 4.79 Å². The summed E-state index contributed by atoms with van der Waals surface area (Å²) in [6, 6.07) is 5.56. The van der Waals surface area contributed by atoms with Gasteiger partial charge in [0, 0.05) is 28.3 Å². The summed E-state index contributed by atoms with van der Waals surface area (Å²) in [5, 5.41) is 1.27. The molecule has 0 N–H and O–H groups in total. The lowest BCUT2D eigenvalue weighted by molar-refractivity contribution is -0.120. The molecule has 1 fully saturated rings. The van der Waals surface area contributed by atoms with E-state index in [0.717, 1.165) is 5.56 Å². The predicted molar refractivity (Wildman–Crippen MR) is 71.8 cm³/mol. The summed E-state index contributed by atoms with van der Waals surface area (Å²) in [7, 11) is 0. The van der Waals surface area contributed by atoms with Crippen LogP contribution in [0.25, 0.3) is 0 Å². The summed E-state index contributed by atoms with van der Waals surface area (Å²) < 4.78 is 0. The number of rotatable bonds is 3. The fraction of sp³-hybridized carbons (Fsp3) is 0.500. The summed E-state index contributed by atoms with van der Waals surface area (Å²) >= 11 is 12.0. The standard InChI is InChI=1S/C14H16Cl2O/c1-4-11(17)13-12(14(13,2)3)8-5-9(15)7-10(16)6-8/h5-7,12-13H,4H2,1-3H3/t12-,13-/m1/s1. The summed E-state index contributed by atoms with van der Waals surface area (Å²) in [6.45, 7) is 6.17. The van der Waals surface area contributed by atoms with Gasteiger partial charge < -0.3 is 0 Å². The molecule has 2 atom stereocenters. The first-order chi connectivity index (χ1) is 7.87. The summed E-state index contributed by atoms with van der Waals surface area (Å²) in [6.07, 6.45) is 0.596. The Bertz CT molecular complexity index is 445. The van der Waals surface area contributed by atoms with E-state index in [1.54, 1.807) is 6.07 Å². The molecule has 1 aromatic rings. The highest BCUT2D eigenvalue weighted by Gasteiger charge is 2.61. The first kappa shape index (κ1) is 12.9. The second-order valence-corrected chi connectivity index (χ2v) is 6.17. The average Bonchev–Trinajstić information content (AvgIpc) is 2.79. The van der Waals surface area contributed by atoms with E-state index < -0.39 is 0 Å². The van der Waals surface area contributed by atoms with Crippen molar-refractivity contribution in [1.29, 1.82) is 0 Å². The molecule has 1 saturated carbocycles. The summed E-state index contributed by atoms with van der Waals surface area (Å²) in [4.78, 5) is 11.9. The van der Waals surface area contributed by atoms with Gasteiger partial charge in [0.1, 0.15) is 5.78 Å². The smallest absolute Gasteiger partial charge is 0.136 e. The van der Waals surface area contributed by atoms with E-state index in [0.29, 0.717) is 22.2 Å². The van der Waals surface area contributed by atoms with Gasteiger partial charge >= 0.3 is 0 Å². The summed E-state index contributed by atoms with van der Waals surface area (Å²) in [5.41, 5.74) is 1.11. The van der Waals surface area contributed by atoms with Gasteiger partial charge in [-0.05, 0) is 29.2 Å². The van der Waals surface area contributed by atoms with E-state index >= 15 is 0 Å². The molecule has 0 aromatic heterocycles. The highest BCUT2D eigenvalue weighted by molar-refractivity contribution is 6.34. The fourth-order valence-electron chi connectivity index (χ4n) is 2.84. The topological polar surface area (TPSA) is 17.1 Å². The van der Waals surface area contributed by atoms with Crippen LogP contribution in [0.4, 0.5) is 0 Å². The maximum absolute atomic E-state index is 11.9. The van der Waals surface area contributed by atoms with Crippen molar-refractivity contribution >= 4 is 29.0 Å². The molecule has 1 nitrogen and oxygen atoms in total. The normalized spacial score (nSPS) is 25.7. The van der Waals surface area contributed by atoms with Gasteiger partial charge in [0.05, 0.1) is 0 Å². The Balaban J connectivity index is 2.33. The summed E-state index contributed by atoms with van der Waals surface area (Å²) in [5.74, 6) is 0.698. The lowest BCUT2D eigenvalue weighted by Crippen LogP contribution is -2.03. The molecule has 0 aliphatic heterocycles. The molecule has 0 heterocycles. The van der Waals surface area contributed by atoms with Crippen LogP contribution in [0.3, 0.4) is 0 Å². The van der Waals surface area contributed by atoms with E-state index in [9.17, 15) is 4.79 Å². The monoisotopic (exact) mass is 270 g/mol. The van der Waals surface area contributed by atoms with E-state index in [1.165, 1.54) is 0 Å². The van der Waals surface area contributed by atoms with Crippen LogP contribution in [0.1, 0.15) is 38.7 Å². The molecule has 92 valence electrons. The molecule has 3 heteroatoms. The number of ketones is 1. The van der Waals surface area contributed by atoms with Gasteiger partial charge in [0.2, 0.25) is 0 Å². The van der Waals surface area contributed by atoms with Crippen LogP contribution in [0.2, 0.25) is 10.0 Å². The minimum Gasteiger partial charge on any atom is -0.299 e. The maximum atomic E-state index is 11.9. The van der Waals surface area contributed by atoms with Crippen molar-refractivity contribution in [2.45, 2.75) is 33.1 Å². The van der Waals surface area contributed by atoms with E-state index in [1.807, 2.05) is 19.1 Å². The molecule has 2 rings (SSSR count). The van der Waals surface area contributed by atoms with Gasteiger partial charge in [0.25, 0.3) is 0 Å². The molecule has 17 heavy (non-hydrogen) atoms. The highest BCUT2D eigenvalue weighted by Crippen LogP contribution is 2.65. The van der Waals surface area contributed by atoms with Crippen molar-refractivity contribution in [2.24, 2.45) is 11.3 Å². The quantitative estimate of drug-likeness (QED) is 0.777. The van der Waals surface area contributed by atoms with Gasteiger partial charge in [0.15, 0.2) is 0 Å². The van der Waals surface area contributed by atoms with Gasteiger partial charge in [-0.3, -0.25) is 4.79 Å². The zero-order valence-electron chi connectivity index (χ0n) is 10.3. The Hall–Kier alpha value is -0.530. The largest absolute Gasteiger partial charge is 0.299 e. The van der Waals surface area contributed by atoms with Gasteiger partial charge in [-0.2, -0.15) is 0 Å². The number of hydrogen-bond donors (Lipinski definition) is 0. The van der Waals surface area contributed by atoms with Crippen molar-refractivity contribution in [3.63, 3.8) is 0 Å². The van der Waals surface area contributed by atoms with Gasteiger partial charge in [-0.1, -0.05) is 44.0 Å². The molecule has 1 aliphatic rings. The Labute approximate surface area is 112 Å². The van der Waals surface area contributed by atoms with Crippen LogP contribution >= 0.6 is 23.2 Å². The number of carbonyl (C=O) groups is 1. The van der Waals surface area contributed by atoms with Crippen molar-refractivity contribution in [3.05, 3.63) is 33.8 Å². The van der Waals surface area contributed by atoms with Crippen LogP contribution in [-0.4, -0.2) is 5.78 Å². The maximum Gasteiger partial charge on any atom is 0.136 e. The van der Waals surface area contributed by atoms with Gasteiger partial charge in [-0.25, -0.2) is 0 Å². The number of halogens is 2. The third-order valence-electron chi connectivity index (χ3n) is 3.77. The number of Topliss-reactive ketones (excluding diaryl/α,β-unsaturated/α-hetero) is 1. The van der Waals surface area contributed by atoms with Crippen LogP contribution in [-0.2, 0) is 4.79 Å². The van der Waals surface area contributed by atoms with Crippen LogP contribution < -0.4 is 0 Å². The molecular weight excluding hydrogens is 255 g/mol. The molecule has 0 unspecified atom stereocenters. The van der Waals surface area contributed by atoms with E-state index in [2.05, 4.69) is 13.8 Å². The first-order valence-electron chi connectivity index (χ1n) is 5.86. The minimum absolute atomic E-state index is 0.0289. The second kappa shape index (κ2) is 4.29.